The number of piperidine rings is 1. The van der Waals surface area contributed by atoms with Crippen molar-refractivity contribution < 1.29 is 112 Å². The zero-order chi connectivity index (χ0) is 22.3. The fourth-order valence-corrected chi connectivity index (χ4v) is 3.02. The van der Waals surface area contributed by atoms with Gasteiger partial charge >= 0.3 is 103 Å². The predicted octanol–water partition coefficient (Wildman–Crippen LogP) is -1.93. The second-order valence-corrected chi connectivity index (χ2v) is 7.91. The molecule has 3 rings (SSSR count). The van der Waals surface area contributed by atoms with Gasteiger partial charge in [-0.25, -0.2) is 6.07 Å². The molecule has 0 spiro atoms. The number of anilines is 1. The molecule has 0 unspecified atom stereocenters. The smallest absolute Gasteiger partial charge is 0.859 e. The van der Waals surface area contributed by atoms with E-state index in [0.717, 1.165) is 42.8 Å². The molecule has 0 atom stereocenters. The van der Waals surface area contributed by atoms with Crippen molar-refractivity contribution in [1.29, 1.82) is 0 Å². The van der Waals surface area contributed by atoms with E-state index in [4.69, 9.17) is 10.5 Å². The number of hydrogen-bond donors (Lipinski definition) is 1. The Labute approximate surface area is 278 Å². The van der Waals surface area contributed by atoms with E-state index in [1.165, 1.54) is 12.1 Å². The van der Waals surface area contributed by atoms with E-state index in [-0.39, 0.29) is 120 Å². The summed E-state index contributed by atoms with van der Waals surface area (Å²) in [5.74, 6) is 0.918. The van der Waals surface area contributed by atoms with Gasteiger partial charge in [0.05, 0.1) is 12.4 Å². The third kappa shape index (κ3) is 10.3. The maximum absolute atomic E-state index is 10.5. The van der Waals surface area contributed by atoms with Crippen LogP contribution in [0.5, 0.6) is 5.75 Å². The van der Waals surface area contributed by atoms with E-state index >= 15 is 0 Å². The van der Waals surface area contributed by atoms with Crippen LogP contribution >= 0.6 is 0 Å². The van der Waals surface area contributed by atoms with Crippen LogP contribution in [0.15, 0.2) is 30.3 Å². The summed E-state index contributed by atoms with van der Waals surface area (Å²) in [6.07, 6.45) is 4.28. The summed E-state index contributed by atoms with van der Waals surface area (Å²) in [4.78, 5) is 12.8. The van der Waals surface area contributed by atoms with Gasteiger partial charge in [-0.3, -0.25) is 30.7 Å². The van der Waals surface area contributed by atoms with E-state index in [9.17, 15) is 10.2 Å². The van der Waals surface area contributed by atoms with Crippen molar-refractivity contribution in [1.82, 2.24) is 4.90 Å². The van der Waals surface area contributed by atoms with Gasteiger partial charge in [0.2, 0.25) is 0 Å². The fraction of sp³-hybridized carbons (Fsp3) is 0.360. The van der Waals surface area contributed by atoms with Crippen molar-refractivity contribution in [3.05, 3.63) is 77.9 Å². The van der Waals surface area contributed by atoms with Crippen LogP contribution in [0.25, 0.3) is 5.41 Å². The van der Waals surface area contributed by atoms with Gasteiger partial charge in [0.1, 0.15) is 0 Å². The van der Waals surface area contributed by atoms with Gasteiger partial charge in [-0.05, 0) is 19.9 Å². The van der Waals surface area contributed by atoms with Gasteiger partial charge in [0.15, 0.2) is 0 Å². The van der Waals surface area contributed by atoms with Crippen LogP contribution in [0.1, 0.15) is 48.9 Å². The Hall–Kier alpha value is 0.353. The molecule has 32 heavy (non-hydrogen) atoms. The molecular formula is C25H30K2N3O2-3. The first-order valence-electron chi connectivity index (χ1n) is 10.1. The predicted molar refractivity (Wildman–Crippen MR) is 123 cm³/mol. The van der Waals surface area contributed by atoms with E-state index in [0.29, 0.717) is 17.4 Å². The fourth-order valence-electron chi connectivity index (χ4n) is 3.02. The van der Waals surface area contributed by atoms with E-state index < -0.39 is 0 Å². The first kappa shape index (κ1) is 32.4. The quantitative estimate of drug-likeness (QED) is 0.233. The van der Waals surface area contributed by atoms with Gasteiger partial charge in [-0.2, -0.15) is 17.7 Å². The van der Waals surface area contributed by atoms with Gasteiger partial charge in [-0.1, -0.05) is 25.5 Å². The molecule has 1 aliphatic heterocycles. The van der Waals surface area contributed by atoms with Crippen LogP contribution < -0.4 is 113 Å². The Morgan fingerprint density at radius 3 is 2.38 bits per heavy atom. The minimum Gasteiger partial charge on any atom is -0.859 e. The Bertz CT molecular complexity index is 879. The molecule has 1 fully saturated rings. The molecule has 162 valence electrons. The van der Waals surface area contributed by atoms with Gasteiger partial charge in [0, 0.05) is 18.8 Å². The number of likely N-dealkylation sites (tertiary alicyclic amines) is 1. The molecule has 1 aliphatic rings. The first-order chi connectivity index (χ1) is 14.2. The average molecular weight is 483 g/mol. The van der Waals surface area contributed by atoms with Crippen LogP contribution in [-0.2, 0) is 4.79 Å². The number of nitrogens with two attached hydrogens (primary N) is 1. The monoisotopic (exact) mass is 482 g/mol. The molecule has 1 heterocycles. The minimum absolute atomic E-state index is 0. The molecule has 0 aromatic heterocycles. The van der Waals surface area contributed by atoms with E-state index in [1.54, 1.807) is 6.29 Å². The minimum atomic E-state index is -0.00521. The molecular weight excluding hydrogens is 452 g/mol. The Morgan fingerprint density at radius 2 is 1.84 bits per heavy atom. The van der Waals surface area contributed by atoms with Gasteiger partial charge < -0.3 is 25.6 Å². The van der Waals surface area contributed by atoms with Crippen molar-refractivity contribution >= 4 is 17.7 Å². The maximum Gasteiger partial charge on any atom is 1.00 e. The largest absolute Gasteiger partial charge is 1.00 e. The van der Waals surface area contributed by atoms with Crippen molar-refractivity contribution in [3.8, 4) is 5.75 Å². The SMILES string of the molecule is CC(C)C(=[N-])c1[c-]cc(N)c([C-]=O)c1.[CH2-]c1ccc(OC2CCN(C)CC2)cc1[CH2-].[K+].[K+]. The number of nitrogens with zero attached hydrogens (tertiary/aromatic N) is 2. The molecule has 2 N–H and O–H groups in total. The molecule has 2 aromatic carbocycles. The van der Waals surface area contributed by atoms with Crippen LogP contribution in [0.3, 0.4) is 0 Å². The number of ether oxygens (including phenoxy) is 1. The normalized spacial score (nSPS) is 13.8. The van der Waals surface area contributed by atoms with Crippen molar-refractivity contribution in [2.24, 2.45) is 5.92 Å². The molecule has 7 heteroatoms. The number of hydrogen-bond acceptors (Lipinski definition) is 4. The summed E-state index contributed by atoms with van der Waals surface area (Å²) in [6, 6.07) is 11.7. The van der Waals surface area contributed by atoms with Crippen LogP contribution in [-0.4, -0.2) is 43.1 Å². The first-order valence-corrected chi connectivity index (χ1v) is 10.1. The Morgan fingerprint density at radius 1 is 1.22 bits per heavy atom. The molecule has 0 radical (unpaired) electrons. The number of carbonyl (C=O) groups excluding carboxylic acids is 1. The third-order valence-electron chi connectivity index (χ3n) is 5.06. The molecule has 0 amide bonds. The molecule has 0 aliphatic carbocycles. The van der Waals surface area contributed by atoms with Crippen LogP contribution in [0, 0.1) is 25.8 Å². The zero-order valence-electron chi connectivity index (χ0n) is 20.1. The maximum atomic E-state index is 10.5. The molecule has 0 bridgehead atoms. The average Bonchev–Trinajstić information content (AvgIpc) is 2.72. The molecule has 2 aromatic rings. The van der Waals surface area contributed by atoms with Crippen LogP contribution in [0.4, 0.5) is 5.69 Å². The zero-order valence-corrected chi connectivity index (χ0v) is 26.3. The molecule has 5 nitrogen and oxygen atoms in total. The van der Waals surface area contributed by atoms with E-state index in [2.05, 4.69) is 31.9 Å². The summed E-state index contributed by atoms with van der Waals surface area (Å²) in [5.41, 5.74) is 8.67. The number of benzene rings is 2. The summed E-state index contributed by atoms with van der Waals surface area (Å²) >= 11 is 0. The topological polar surface area (TPSA) is 77.9 Å². The van der Waals surface area contributed by atoms with Crippen LogP contribution in [0.2, 0.25) is 0 Å². The summed E-state index contributed by atoms with van der Waals surface area (Å²) in [6.45, 7) is 13.8. The van der Waals surface area contributed by atoms with E-state index in [1.807, 2.05) is 32.0 Å². The summed E-state index contributed by atoms with van der Waals surface area (Å²) in [5, 5.41) is 9.62. The molecule has 0 saturated carbocycles. The van der Waals surface area contributed by atoms with Crippen molar-refractivity contribution in [2.45, 2.75) is 32.8 Å². The molecule has 1 saturated heterocycles. The summed E-state index contributed by atoms with van der Waals surface area (Å²) in [7, 11) is 2.15. The second kappa shape index (κ2) is 16.1. The van der Waals surface area contributed by atoms with Gasteiger partial charge in [0.25, 0.3) is 0 Å². The number of nitrogen functional groups attached to an aromatic ring is 1. The standard InChI is InChI=1S/C14H19NO.C11H11N2O.2K/c1-11-4-5-14(10-12(11)2)16-13-6-8-15(3)9-7-13;1-7(2)11(13)8-3-4-10(12)9(5-8)6-14;;/h4-5,10,13H,1-2,6-9H2,3H3;4-5,7H,12H2,1-2H3;;/q-2;-3;2*+1. The summed E-state index contributed by atoms with van der Waals surface area (Å²) < 4.78 is 5.94. The van der Waals surface area contributed by atoms with Gasteiger partial charge in [-0.15, -0.1) is 23.8 Å². The van der Waals surface area contributed by atoms with Crippen molar-refractivity contribution in [2.75, 3.05) is 25.9 Å². The Kier molecular flexibility index (Phi) is 16.3. The Balaban J connectivity index is 0.000000570. The number of rotatable bonds is 5. The second-order valence-electron chi connectivity index (χ2n) is 7.91. The third-order valence-corrected chi connectivity index (χ3v) is 5.06. The van der Waals surface area contributed by atoms with Crippen molar-refractivity contribution in [3.63, 3.8) is 0 Å².